The van der Waals surface area contributed by atoms with E-state index in [-0.39, 0.29) is 10.4 Å². The van der Waals surface area contributed by atoms with Crippen LogP contribution in [0.5, 0.6) is 0 Å². The molecule has 1 atom stereocenters. The van der Waals surface area contributed by atoms with E-state index in [0.717, 1.165) is 12.8 Å². The number of carbonyl (C=O) groups excluding carboxylic acids is 1. The molecule has 0 radical (unpaired) electrons. The number of carbonyl (C=O) groups is 1. The molecule has 0 rings (SSSR count). The summed E-state index contributed by atoms with van der Waals surface area (Å²) in [6.07, 6.45) is 6.30. The zero-order chi connectivity index (χ0) is 12.8. The van der Waals surface area contributed by atoms with Gasteiger partial charge in [-0.3, -0.25) is 0 Å². The van der Waals surface area contributed by atoms with Gasteiger partial charge in [0.05, 0.1) is 0 Å². The van der Waals surface area contributed by atoms with Crippen LogP contribution in [0.25, 0.3) is 0 Å². The maximum absolute atomic E-state index is 11.3. The second kappa shape index (κ2) is 6.48. The van der Waals surface area contributed by atoms with Gasteiger partial charge in [-0.15, -0.1) is 0 Å². The van der Waals surface area contributed by atoms with Crippen LogP contribution in [0.2, 0.25) is 17.3 Å². The van der Waals surface area contributed by atoms with Gasteiger partial charge in [0.2, 0.25) is 0 Å². The molecule has 0 aliphatic rings. The number of hydrogen-bond acceptors (Lipinski definition) is 2. The van der Waals surface area contributed by atoms with Crippen LogP contribution in [0.4, 0.5) is 0 Å². The van der Waals surface area contributed by atoms with Crippen LogP contribution in [0.15, 0.2) is 12.7 Å². The van der Waals surface area contributed by atoms with Gasteiger partial charge in [-0.25, -0.2) is 0 Å². The SMILES string of the molecule is C=C[C](CCCCC)(OC(C)=O)[Ge]([CH3])([CH3])[CH3]. The summed E-state index contributed by atoms with van der Waals surface area (Å²) in [7, 11) is 0. The minimum atomic E-state index is -2.13. The predicted molar refractivity (Wildman–Crippen MR) is 72.2 cm³/mol. The fraction of sp³-hybridized carbons (Fsp3) is 0.769. The predicted octanol–water partition coefficient (Wildman–Crippen LogP) is 3.93. The summed E-state index contributed by atoms with van der Waals surface area (Å²) < 4.78 is 5.28. The van der Waals surface area contributed by atoms with Crippen molar-refractivity contribution in [3.8, 4) is 0 Å². The Balaban J connectivity index is 4.82. The Kier molecular flexibility index (Phi) is 6.38. The molecule has 0 aliphatic carbocycles. The molecule has 0 amide bonds. The fourth-order valence-corrected chi connectivity index (χ4v) is 6.10. The van der Waals surface area contributed by atoms with E-state index in [2.05, 4.69) is 30.8 Å². The molecule has 0 spiro atoms. The molecule has 0 aromatic rings. The number of rotatable bonds is 7. The first-order valence-corrected chi connectivity index (χ1v) is 13.5. The molecule has 0 N–H and O–H groups in total. The van der Waals surface area contributed by atoms with E-state index in [1.54, 1.807) is 0 Å². The Morgan fingerprint density at radius 3 is 2.25 bits per heavy atom. The topological polar surface area (TPSA) is 26.3 Å². The van der Waals surface area contributed by atoms with E-state index in [1.165, 1.54) is 19.8 Å². The zero-order valence-electron chi connectivity index (χ0n) is 11.4. The molecule has 0 fully saturated rings. The number of ether oxygens (including phenoxy) is 1. The molecule has 2 nitrogen and oxygen atoms in total. The molecular weight excluding hydrogens is 261 g/mol. The molecule has 0 saturated carbocycles. The summed E-state index contributed by atoms with van der Waals surface area (Å²) in [6.45, 7) is 7.57. The minimum absolute atomic E-state index is 0.183. The average molecular weight is 287 g/mol. The second-order valence-corrected chi connectivity index (χ2v) is 16.6. The molecule has 0 heterocycles. The van der Waals surface area contributed by atoms with Crippen LogP contribution in [0.1, 0.15) is 39.5 Å². The van der Waals surface area contributed by atoms with Crippen molar-refractivity contribution in [3.63, 3.8) is 0 Å². The van der Waals surface area contributed by atoms with E-state index < -0.39 is 13.3 Å². The van der Waals surface area contributed by atoms with E-state index in [1.807, 2.05) is 6.08 Å². The van der Waals surface area contributed by atoms with Crippen LogP contribution in [0, 0.1) is 0 Å². The average Bonchev–Trinajstić information content (AvgIpc) is 2.14. The summed E-state index contributed by atoms with van der Waals surface area (Å²) in [6, 6.07) is 0. The van der Waals surface area contributed by atoms with Gasteiger partial charge in [0, 0.05) is 0 Å². The van der Waals surface area contributed by atoms with Gasteiger partial charge in [-0.2, -0.15) is 0 Å². The molecule has 3 heteroatoms. The van der Waals surface area contributed by atoms with E-state index in [9.17, 15) is 4.79 Å². The Morgan fingerprint density at radius 2 is 1.94 bits per heavy atom. The van der Waals surface area contributed by atoms with Crippen molar-refractivity contribution >= 4 is 19.2 Å². The van der Waals surface area contributed by atoms with Gasteiger partial charge in [0.25, 0.3) is 0 Å². The fourth-order valence-electron chi connectivity index (χ4n) is 1.92. The van der Waals surface area contributed by atoms with Crippen LogP contribution < -0.4 is 0 Å². The molecule has 1 unspecified atom stereocenters. The van der Waals surface area contributed by atoms with Crippen LogP contribution in [0.3, 0.4) is 0 Å². The molecule has 0 aromatic heterocycles. The molecular formula is C13H26GeO2. The van der Waals surface area contributed by atoms with Gasteiger partial charge in [-0.05, 0) is 0 Å². The first-order valence-electron chi connectivity index (χ1n) is 6.12. The standard InChI is InChI=1S/C13H26GeO2/c1-7-9-10-11-13(8-2,14(4,5)6)16-12(3)15/h8H,2,7,9-11H2,1,3-6H3. The second-order valence-electron chi connectivity index (χ2n) is 5.39. The molecule has 0 bridgehead atoms. The zero-order valence-corrected chi connectivity index (χ0v) is 13.5. The van der Waals surface area contributed by atoms with E-state index in [0.29, 0.717) is 0 Å². The van der Waals surface area contributed by atoms with Gasteiger partial charge < -0.3 is 0 Å². The van der Waals surface area contributed by atoms with E-state index >= 15 is 0 Å². The normalized spacial score (nSPS) is 15.3. The van der Waals surface area contributed by atoms with Gasteiger partial charge in [0.15, 0.2) is 0 Å². The first-order chi connectivity index (χ1) is 7.29. The van der Waals surface area contributed by atoms with Gasteiger partial charge >= 0.3 is 103 Å². The number of hydrogen-bond donors (Lipinski definition) is 0. The molecule has 0 aliphatic heterocycles. The molecule has 94 valence electrons. The van der Waals surface area contributed by atoms with Gasteiger partial charge in [0.1, 0.15) is 0 Å². The van der Waals surface area contributed by atoms with Crippen molar-refractivity contribution in [2.75, 3.05) is 0 Å². The molecule has 0 aromatic carbocycles. The first kappa shape index (κ1) is 15.8. The van der Waals surface area contributed by atoms with Crippen LogP contribution in [-0.4, -0.2) is 23.7 Å². The van der Waals surface area contributed by atoms with Crippen molar-refractivity contribution in [3.05, 3.63) is 12.7 Å². The van der Waals surface area contributed by atoms with Crippen molar-refractivity contribution in [2.45, 2.75) is 61.2 Å². The van der Waals surface area contributed by atoms with Crippen LogP contribution >= 0.6 is 0 Å². The Labute approximate surface area is 103 Å². The Hall–Kier alpha value is -0.247. The van der Waals surface area contributed by atoms with Gasteiger partial charge in [-0.1, -0.05) is 0 Å². The third-order valence-corrected chi connectivity index (χ3v) is 9.57. The van der Waals surface area contributed by atoms with Crippen molar-refractivity contribution in [1.29, 1.82) is 0 Å². The summed E-state index contributed by atoms with van der Waals surface area (Å²) in [5.74, 6) is 6.64. The summed E-state index contributed by atoms with van der Waals surface area (Å²) in [5, 5.41) is 0. The van der Waals surface area contributed by atoms with E-state index in [4.69, 9.17) is 4.74 Å². The van der Waals surface area contributed by atoms with Crippen molar-refractivity contribution < 1.29 is 9.53 Å². The third kappa shape index (κ3) is 4.32. The summed E-state index contributed by atoms with van der Waals surface area (Å²) in [5.41, 5.74) is 0. The molecule has 0 saturated heterocycles. The Bertz CT molecular complexity index is 243. The number of unbranched alkanes of at least 4 members (excludes halogenated alkanes) is 2. The number of esters is 1. The quantitative estimate of drug-likeness (QED) is 0.307. The van der Waals surface area contributed by atoms with Crippen molar-refractivity contribution in [2.24, 2.45) is 0 Å². The van der Waals surface area contributed by atoms with Crippen molar-refractivity contribution in [1.82, 2.24) is 0 Å². The maximum atomic E-state index is 11.3. The summed E-state index contributed by atoms with van der Waals surface area (Å²) in [4.78, 5) is 11.3. The van der Waals surface area contributed by atoms with Crippen LogP contribution in [-0.2, 0) is 9.53 Å². The summed E-state index contributed by atoms with van der Waals surface area (Å²) >= 11 is -2.13. The third-order valence-electron chi connectivity index (χ3n) is 3.08. The monoisotopic (exact) mass is 288 g/mol. The molecule has 16 heavy (non-hydrogen) atoms. The Morgan fingerprint density at radius 1 is 1.38 bits per heavy atom.